The Morgan fingerprint density at radius 1 is 1.41 bits per heavy atom. The van der Waals surface area contributed by atoms with Crippen LogP contribution in [0.5, 0.6) is 0 Å². The van der Waals surface area contributed by atoms with Gasteiger partial charge in [-0.15, -0.1) is 0 Å². The molecular weight excluding hydrogens is 278 g/mol. The summed E-state index contributed by atoms with van der Waals surface area (Å²) in [5.74, 6) is 1.66. The Kier molecular flexibility index (Phi) is 5.77. The van der Waals surface area contributed by atoms with Gasteiger partial charge in [-0.2, -0.15) is 0 Å². The van der Waals surface area contributed by atoms with Gasteiger partial charge >= 0.3 is 0 Å². The van der Waals surface area contributed by atoms with E-state index in [1.807, 2.05) is 19.9 Å². The number of nitrogens with zero attached hydrogens (tertiary/aromatic N) is 2. The quantitative estimate of drug-likeness (QED) is 0.874. The van der Waals surface area contributed by atoms with Crippen molar-refractivity contribution in [1.82, 2.24) is 10.3 Å². The number of anilines is 1. The maximum atomic E-state index is 12.0. The number of carbonyl (C=O) groups excluding carboxylic acids is 1. The van der Waals surface area contributed by atoms with Crippen LogP contribution >= 0.6 is 0 Å². The van der Waals surface area contributed by atoms with Gasteiger partial charge in [-0.3, -0.25) is 4.79 Å². The molecule has 1 fully saturated rings. The first-order valence-corrected chi connectivity index (χ1v) is 8.14. The highest BCUT2D eigenvalue weighted by Crippen LogP contribution is 2.21. The van der Waals surface area contributed by atoms with E-state index in [2.05, 4.69) is 22.1 Å². The van der Waals surface area contributed by atoms with Crippen LogP contribution in [0.4, 0.5) is 5.82 Å². The molecule has 122 valence electrons. The number of piperidine rings is 1. The van der Waals surface area contributed by atoms with E-state index in [4.69, 9.17) is 0 Å². The summed E-state index contributed by atoms with van der Waals surface area (Å²) >= 11 is 0. The average Bonchev–Trinajstić information content (AvgIpc) is 2.53. The minimum atomic E-state index is -0.522. The number of nitrogens with one attached hydrogen (secondary N) is 1. The molecule has 2 rings (SSSR count). The Hall–Kier alpha value is -1.62. The van der Waals surface area contributed by atoms with Gasteiger partial charge in [0.05, 0.1) is 11.7 Å². The Bertz CT molecular complexity index is 479. The maximum absolute atomic E-state index is 12.0. The van der Waals surface area contributed by atoms with Crippen molar-refractivity contribution in [3.8, 4) is 0 Å². The number of carbonyl (C=O) groups is 1. The molecule has 1 aliphatic rings. The summed E-state index contributed by atoms with van der Waals surface area (Å²) in [6, 6.07) is 3.71. The van der Waals surface area contributed by atoms with Crippen LogP contribution in [0, 0.1) is 11.8 Å². The average molecular weight is 305 g/mol. The highest BCUT2D eigenvalue weighted by Gasteiger charge is 2.17. The lowest BCUT2D eigenvalue weighted by Gasteiger charge is -2.31. The van der Waals surface area contributed by atoms with Gasteiger partial charge in [0.1, 0.15) is 5.82 Å². The van der Waals surface area contributed by atoms with Crippen molar-refractivity contribution in [1.29, 1.82) is 0 Å². The topological polar surface area (TPSA) is 65.5 Å². The zero-order valence-electron chi connectivity index (χ0n) is 13.7. The number of rotatable bonds is 5. The summed E-state index contributed by atoms with van der Waals surface area (Å²) in [6.45, 7) is 8.45. The van der Waals surface area contributed by atoms with Crippen molar-refractivity contribution >= 4 is 11.7 Å². The molecule has 1 saturated heterocycles. The molecule has 5 nitrogen and oxygen atoms in total. The van der Waals surface area contributed by atoms with E-state index in [0.29, 0.717) is 5.56 Å². The first-order valence-electron chi connectivity index (χ1n) is 8.14. The van der Waals surface area contributed by atoms with E-state index in [1.54, 1.807) is 12.3 Å². The zero-order valence-corrected chi connectivity index (χ0v) is 13.7. The van der Waals surface area contributed by atoms with Crippen LogP contribution in [0.1, 0.15) is 44.0 Å². The van der Waals surface area contributed by atoms with E-state index in [-0.39, 0.29) is 18.4 Å². The molecule has 1 unspecified atom stereocenters. The van der Waals surface area contributed by atoms with Crippen molar-refractivity contribution in [3.05, 3.63) is 23.9 Å². The molecule has 1 aliphatic heterocycles. The van der Waals surface area contributed by atoms with Crippen molar-refractivity contribution in [3.63, 3.8) is 0 Å². The van der Waals surface area contributed by atoms with Crippen LogP contribution < -0.4 is 10.2 Å². The lowest BCUT2D eigenvalue weighted by molar-refractivity contribution is 0.0871. The fourth-order valence-electron chi connectivity index (χ4n) is 2.48. The molecule has 1 atom stereocenters. The van der Waals surface area contributed by atoms with Crippen molar-refractivity contribution in [2.45, 2.75) is 39.7 Å². The summed E-state index contributed by atoms with van der Waals surface area (Å²) in [7, 11) is 0. The second-order valence-corrected chi connectivity index (χ2v) is 6.60. The highest BCUT2D eigenvalue weighted by atomic mass is 16.3. The van der Waals surface area contributed by atoms with Gasteiger partial charge in [-0.1, -0.05) is 20.8 Å². The van der Waals surface area contributed by atoms with Gasteiger partial charge < -0.3 is 15.3 Å². The molecule has 1 amide bonds. The van der Waals surface area contributed by atoms with E-state index in [0.717, 1.165) is 24.8 Å². The van der Waals surface area contributed by atoms with Gasteiger partial charge in [-0.05, 0) is 36.8 Å². The molecule has 0 aliphatic carbocycles. The van der Waals surface area contributed by atoms with Crippen LogP contribution in [-0.2, 0) is 0 Å². The Morgan fingerprint density at radius 3 is 2.64 bits per heavy atom. The van der Waals surface area contributed by atoms with E-state index in [1.165, 1.54) is 12.8 Å². The van der Waals surface area contributed by atoms with Gasteiger partial charge in [0.2, 0.25) is 0 Å². The Labute approximate surface area is 132 Å². The largest absolute Gasteiger partial charge is 0.391 e. The standard InChI is InChI=1S/C17H27N3O2/c1-12(2)15(21)11-19-17(22)14-4-5-16(18-10-14)20-8-6-13(3)7-9-20/h4-5,10,12-13,15,21H,6-9,11H2,1-3H3,(H,19,22). The van der Waals surface area contributed by atoms with Crippen molar-refractivity contribution < 1.29 is 9.90 Å². The molecule has 1 aromatic heterocycles. The van der Waals surface area contributed by atoms with Gasteiger partial charge in [0.15, 0.2) is 0 Å². The third kappa shape index (κ3) is 4.44. The number of pyridine rings is 1. The van der Waals surface area contributed by atoms with Crippen LogP contribution in [0.25, 0.3) is 0 Å². The molecule has 0 saturated carbocycles. The molecule has 0 aromatic carbocycles. The van der Waals surface area contributed by atoms with Crippen LogP contribution in [0.15, 0.2) is 18.3 Å². The molecule has 0 bridgehead atoms. The molecule has 22 heavy (non-hydrogen) atoms. The first kappa shape index (κ1) is 16.7. The Balaban J connectivity index is 1.89. The third-order valence-electron chi connectivity index (χ3n) is 4.36. The SMILES string of the molecule is CC1CCN(c2ccc(C(=O)NCC(O)C(C)C)cn2)CC1. The predicted octanol–water partition coefficient (Wildman–Crippen LogP) is 2.06. The number of hydrogen-bond acceptors (Lipinski definition) is 4. The normalized spacial score (nSPS) is 17.6. The minimum Gasteiger partial charge on any atom is -0.391 e. The van der Waals surface area contributed by atoms with E-state index in [9.17, 15) is 9.90 Å². The molecule has 5 heteroatoms. The number of amides is 1. The summed E-state index contributed by atoms with van der Waals surface area (Å²) in [5.41, 5.74) is 0.532. The smallest absolute Gasteiger partial charge is 0.252 e. The number of aliphatic hydroxyl groups excluding tert-OH is 1. The van der Waals surface area contributed by atoms with Crippen LogP contribution in [0.2, 0.25) is 0 Å². The first-order chi connectivity index (χ1) is 10.5. The molecular formula is C17H27N3O2. The summed E-state index contributed by atoms with van der Waals surface area (Å²) < 4.78 is 0. The number of aliphatic hydroxyl groups is 1. The van der Waals surface area contributed by atoms with Gasteiger partial charge in [0.25, 0.3) is 5.91 Å². The second kappa shape index (κ2) is 7.58. The lowest BCUT2D eigenvalue weighted by Crippen LogP contribution is -2.35. The molecule has 0 spiro atoms. The maximum Gasteiger partial charge on any atom is 0.252 e. The lowest BCUT2D eigenvalue weighted by atomic mass is 9.99. The molecule has 2 heterocycles. The third-order valence-corrected chi connectivity index (χ3v) is 4.36. The minimum absolute atomic E-state index is 0.127. The number of aromatic nitrogens is 1. The Morgan fingerprint density at radius 2 is 2.09 bits per heavy atom. The zero-order chi connectivity index (χ0) is 16.1. The van der Waals surface area contributed by atoms with E-state index < -0.39 is 6.10 Å². The fraction of sp³-hybridized carbons (Fsp3) is 0.647. The van der Waals surface area contributed by atoms with Gasteiger partial charge in [-0.25, -0.2) is 4.98 Å². The molecule has 2 N–H and O–H groups in total. The molecule has 1 aromatic rings. The summed E-state index contributed by atoms with van der Waals surface area (Å²) in [4.78, 5) is 18.7. The fourth-order valence-corrected chi connectivity index (χ4v) is 2.48. The summed E-state index contributed by atoms with van der Waals surface area (Å²) in [6.07, 6.45) is 3.48. The van der Waals surface area contributed by atoms with Crippen LogP contribution in [-0.4, -0.2) is 41.7 Å². The second-order valence-electron chi connectivity index (χ2n) is 6.60. The predicted molar refractivity (Wildman–Crippen MR) is 88.0 cm³/mol. The highest BCUT2D eigenvalue weighted by molar-refractivity contribution is 5.94. The van der Waals surface area contributed by atoms with E-state index >= 15 is 0 Å². The van der Waals surface area contributed by atoms with Gasteiger partial charge in [0, 0.05) is 25.8 Å². The van der Waals surface area contributed by atoms with Crippen molar-refractivity contribution in [2.24, 2.45) is 11.8 Å². The summed E-state index contributed by atoms with van der Waals surface area (Å²) in [5, 5.41) is 12.5. The van der Waals surface area contributed by atoms with Crippen LogP contribution in [0.3, 0.4) is 0 Å². The van der Waals surface area contributed by atoms with Crippen molar-refractivity contribution in [2.75, 3.05) is 24.5 Å². The molecule has 0 radical (unpaired) electrons. The number of hydrogen-bond donors (Lipinski definition) is 2. The monoisotopic (exact) mass is 305 g/mol.